The van der Waals surface area contributed by atoms with E-state index in [2.05, 4.69) is 10.3 Å². The van der Waals surface area contributed by atoms with Crippen LogP contribution in [0, 0.1) is 18.6 Å². The van der Waals surface area contributed by atoms with Crippen LogP contribution in [0.3, 0.4) is 0 Å². The minimum absolute atomic E-state index is 0.267. The van der Waals surface area contributed by atoms with Gasteiger partial charge < -0.3 is 5.32 Å². The highest BCUT2D eigenvalue weighted by molar-refractivity contribution is 5.22. The van der Waals surface area contributed by atoms with Crippen LogP contribution in [-0.4, -0.2) is 4.98 Å². The first-order valence-electron chi connectivity index (χ1n) is 6.16. The minimum Gasteiger partial charge on any atom is -0.306 e. The second-order valence-corrected chi connectivity index (χ2v) is 4.58. The molecule has 0 saturated heterocycles. The standard InChI is InChI=1S/C15H16F2N2/c1-10-3-4-12(8-18-10)9-19-11(2)14-7-13(16)5-6-15(14)17/h3-8,11,19H,9H2,1-2H3. The number of aromatic nitrogens is 1. The smallest absolute Gasteiger partial charge is 0.128 e. The zero-order valence-corrected chi connectivity index (χ0v) is 11.0. The number of hydrogen-bond acceptors (Lipinski definition) is 2. The van der Waals surface area contributed by atoms with Gasteiger partial charge in [0.05, 0.1) is 0 Å². The summed E-state index contributed by atoms with van der Waals surface area (Å²) >= 11 is 0. The van der Waals surface area contributed by atoms with Gasteiger partial charge in [-0.2, -0.15) is 0 Å². The molecular formula is C15H16F2N2. The highest BCUT2D eigenvalue weighted by atomic mass is 19.1. The molecule has 2 rings (SSSR count). The molecule has 1 atom stereocenters. The lowest BCUT2D eigenvalue weighted by Crippen LogP contribution is -2.19. The second-order valence-electron chi connectivity index (χ2n) is 4.58. The molecule has 2 aromatic rings. The van der Waals surface area contributed by atoms with Crippen molar-refractivity contribution in [3.8, 4) is 0 Å². The molecule has 0 amide bonds. The first-order chi connectivity index (χ1) is 9.06. The number of nitrogens with zero attached hydrogens (tertiary/aromatic N) is 1. The van der Waals surface area contributed by atoms with Crippen LogP contribution >= 0.6 is 0 Å². The Balaban J connectivity index is 2.03. The Morgan fingerprint density at radius 2 is 2.00 bits per heavy atom. The van der Waals surface area contributed by atoms with Gasteiger partial charge in [-0.1, -0.05) is 6.07 Å². The highest BCUT2D eigenvalue weighted by Gasteiger charge is 2.11. The summed E-state index contributed by atoms with van der Waals surface area (Å²) in [6.07, 6.45) is 1.77. The van der Waals surface area contributed by atoms with Crippen LogP contribution in [0.1, 0.15) is 29.8 Å². The van der Waals surface area contributed by atoms with E-state index < -0.39 is 11.6 Å². The lowest BCUT2D eigenvalue weighted by Gasteiger charge is -2.15. The molecule has 1 aromatic heterocycles. The Kier molecular flexibility index (Phi) is 4.22. The van der Waals surface area contributed by atoms with E-state index in [9.17, 15) is 8.78 Å². The van der Waals surface area contributed by atoms with Crippen LogP contribution in [-0.2, 0) is 6.54 Å². The number of nitrogens with one attached hydrogen (secondary N) is 1. The van der Waals surface area contributed by atoms with Gasteiger partial charge in [0.15, 0.2) is 0 Å². The molecule has 0 aliphatic carbocycles. The molecule has 0 spiro atoms. The van der Waals surface area contributed by atoms with Gasteiger partial charge in [-0.05, 0) is 43.7 Å². The van der Waals surface area contributed by atoms with Crippen LogP contribution < -0.4 is 5.32 Å². The maximum Gasteiger partial charge on any atom is 0.128 e. The number of aryl methyl sites for hydroxylation is 1. The Bertz CT molecular complexity index is 553. The molecule has 4 heteroatoms. The quantitative estimate of drug-likeness (QED) is 0.912. The molecule has 0 aliphatic heterocycles. The van der Waals surface area contributed by atoms with E-state index in [0.717, 1.165) is 23.4 Å². The molecule has 2 nitrogen and oxygen atoms in total. The fraction of sp³-hybridized carbons (Fsp3) is 0.267. The molecular weight excluding hydrogens is 246 g/mol. The van der Waals surface area contributed by atoms with Crippen molar-refractivity contribution >= 4 is 0 Å². The third kappa shape index (κ3) is 3.58. The van der Waals surface area contributed by atoms with E-state index in [1.54, 1.807) is 13.1 Å². The van der Waals surface area contributed by atoms with Gasteiger partial charge in [0.2, 0.25) is 0 Å². The highest BCUT2D eigenvalue weighted by Crippen LogP contribution is 2.18. The van der Waals surface area contributed by atoms with Crippen molar-refractivity contribution in [1.29, 1.82) is 0 Å². The van der Waals surface area contributed by atoms with Crippen LogP contribution in [0.5, 0.6) is 0 Å². The number of rotatable bonds is 4. The van der Waals surface area contributed by atoms with Crippen molar-refractivity contribution in [2.45, 2.75) is 26.4 Å². The first-order valence-corrected chi connectivity index (χ1v) is 6.16. The second kappa shape index (κ2) is 5.89. The molecule has 1 N–H and O–H groups in total. The van der Waals surface area contributed by atoms with E-state index in [0.29, 0.717) is 12.1 Å². The summed E-state index contributed by atoms with van der Waals surface area (Å²) in [5.74, 6) is -0.828. The largest absolute Gasteiger partial charge is 0.306 e. The van der Waals surface area contributed by atoms with Gasteiger partial charge in [-0.25, -0.2) is 8.78 Å². The zero-order chi connectivity index (χ0) is 13.8. The van der Waals surface area contributed by atoms with Gasteiger partial charge >= 0.3 is 0 Å². The summed E-state index contributed by atoms with van der Waals surface area (Å²) in [5.41, 5.74) is 2.29. The number of benzene rings is 1. The fourth-order valence-corrected chi connectivity index (χ4v) is 1.83. The first kappa shape index (κ1) is 13.6. The van der Waals surface area contributed by atoms with E-state index in [4.69, 9.17) is 0 Å². The SMILES string of the molecule is Cc1ccc(CNC(C)c2cc(F)ccc2F)cn1. The van der Waals surface area contributed by atoms with E-state index >= 15 is 0 Å². The molecule has 1 aromatic carbocycles. The Labute approximate surface area is 111 Å². The molecule has 0 fully saturated rings. The molecule has 1 heterocycles. The van der Waals surface area contributed by atoms with Crippen LogP contribution in [0.2, 0.25) is 0 Å². The van der Waals surface area contributed by atoms with Crippen molar-refractivity contribution in [2.75, 3.05) is 0 Å². The summed E-state index contributed by atoms with van der Waals surface area (Å²) in [5, 5.41) is 3.16. The number of pyridine rings is 1. The van der Waals surface area contributed by atoms with Crippen molar-refractivity contribution < 1.29 is 8.78 Å². The van der Waals surface area contributed by atoms with Gasteiger partial charge in [0, 0.05) is 30.0 Å². The minimum atomic E-state index is -0.429. The Hall–Kier alpha value is -1.81. The summed E-state index contributed by atoms with van der Waals surface area (Å²) in [6.45, 7) is 4.28. The Morgan fingerprint density at radius 1 is 1.21 bits per heavy atom. The van der Waals surface area contributed by atoms with Crippen LogP contribution in [0.4, 0.5) is 8.78 Å². The van der Waals surface area contributed by atoms with Gasteiger partial charge in [-0.15, -0.1) is 0 Å². The Morgan fingerprint density at radius 3 is 2.68 bits per heavy atom. The van der Waals surface area contributed by atoms with E-state index in [-0.39, 0.29) is 6.04 Å². The van der Waals surface area contributed by atoms with Crippen LogP contribution in [0.15, 0.2) is 36.5 Å². The van der Waals surface area contributed by atoms with Gasteiger partial charge in [0.25, 0.3) is 0 Å². The van der Waals surface area contributed by atoms with Gasteiger partial charge in [-0.3, -0.25) is 4.98 Å². The zero-order valence-electron chi connectivity index (χ0n) is 11.0. The van der Waals surface area contributed by atoms with Crippen molar-refractivity contribution in [3.05, 3.63) is 65.0 Å². The normalized spacial score (nSPS) is 12.4. The van der Waals surface area contributed by atoms with E-state index in [1.807, 2.05) is 19.1 Å². The summed E-state index contributed by atoms with van der Waals surface area (Å²) in [6, 6.07) is 7.11. The maximum absolute atomic E-state index is 13.6. The molecule has 19 heavy (non-hydrogen) atoms. The lowest BCUT2D eigenvalue weighted by molar-refractivity contribution is 0.518. The molecule has 0 radical (unpaired) electrons. The van der Waals surface area contributed by atoms with Crippen molar-refractivity contribution in [2.24, 2.45) is 0 Å². The number of hydrogen-bond donors (Lipinski definition) is 1. The third-order valence-corrected chi connectivity index (χ3v) is 3.01. The maximum atomic E-state index is 13.6. The number of halogens is 2. The summed E-state index contributed by atoms with van der Waals surface area (Å²) in [7, 11) is 0. The predicted octanol–water partition coefficient (Wildman–Crippen LogP) is 3.52. The monoisotopic (exact) mass is 262 g/mol. The van der Waals surface area contributed by atoms with Crippen molar-refractivity contribution in [3.63, 3.8) is 0 Å². The predicted molar refractivity (Wildman–Crippen MR) is 70.6 cm³/mol. The van der Waals surface area contributed by atoms with Crippen molar-refractivity contribution in [1.82, 2.24) is 10.3 Å². The topological polar surface area (TPSA) is 24.9 Å². The molecule has 0 aliphatic rings. The summed E-state index contributed by atoms with van der Waals surface area (Å²) in [4.78, 5) is 4.19. The molecule has 0 bridgehead atoms. The van der Waals surface area contributed by atoms with E-state index in [1.165, 1.54) is 6.07 Å². The molecule has 1 unspecified atom stereocenters. The van der Waals surface area contributed by atoms with Gasteiger partial charge in [0.1, 0.15) is 11.6 Å². The van der Waals surface area contributed by atoms with Crippen LogP contribution in [0.25, 0.3) is 0 Å². The third-order valence-electron chi connectivity index (χ3n) is 3.01. The molecule has 100 valence electrons. The lowest BCUT2D eigenvalue weighted by atomic mass is 10.1. The molecule has 0 saturated carbocycles. The average Bonchev–Trinajstić information content (AvgIpc) is 2.40. The summed E-state index contributed by atoms with van der Waals surface area (Å²) < 4.78 is 26.7. The average molecular weight is 262 g/mol. The fourth-order valence-electron chi connectivity index (χ4n) is 1.83.